The highest BCUT2D eigenvalue weighted by Crippen LogP contribution is 2.20. The molecular formula is C23H43IN6S. The van der Waals surface area contributed by atoms with Crippen LogP contribution >= 0.6 is 35.3 Å². The second-order valence-corrected chi connectivity index (χ2v) is 9.88. The first-order valence-electron chi connectivity index (χ1n) is 12.1. The lowest BCUT2D eigenvalue weighted by atomic mass is 9.97. The average Bonchev–Trinajstić information content (AvgIpc) is 3.18. The van der Waals surface area contributed by atoms with Crippen molar-refractivity contribution in [3.05, 3.63) is 16.1 Å². The van der Waals surface area contributed by atoms with E-state index >= 15 is 0 Å². The number of likely N-dealkylation sites (tertiary alicyclic amines) is 2. The van der Waals surface area contributed by atoms with Gasteiger partial charge in [0.2, 0.25) is 0 Å². The molecule has 1 aromatic rings. The number of nitrogens with zero attached hydrogens (tertiary/aromatic N) is 4. The summed E-state index contributed by atoms with van der Waals surface area (Å²) in [6, 6.07) is 0.776. The molecule has 8 heteroatoms. The fourth-order valence-electron chi connectivity index (χ4n) is 4.73. The minimum atomic E-state index is 0. The summed E-state index contributed by atoms with van der Waals surface area (Å²) >= 11 is 1.75. The number of hydrogen-bond acceptors (Lipinski definition) is 5. The Kier molecular flexibility index (Phi) is 12.7. The fraction of sp³-hybridized carbons (Fsp3) is 0.826. The lowest BCUT2D eigenvalue weighted by Gasteiger charge is -2.35. The number of aromatic nitrogens is 1. The van der Waals surface area contributed by atoms with Gasteiger partial charge in [0.25, 0.3) is 0 Å². The van der Waals surface area contributed by atoms with Gasteiger partial charge in [-0.3, -0.25) is 14.8 Å². The van der Waals surface area contributed by atoms with Crippen molar-refractivity contribution in [1.82, 2.24) is 25.4 Å². The summed E-state index contributed by atoms with van der Waals surface area (Å²) in [5, 5.41) is 10.4. The van der Waals surface area contributed by atoms with Crippen LogP contribution in [-0.4, -0.2) is 72.6 Å². The average molecular weight is 563 g/mol. The van der Waals surface area contributed by atoms with Crippen LogP contribution in [0.3, 0.4) is 0 Å². The van der Waals surface area contributed by atoms with Crippen molar-refractivity contribution < 1.29 is 0 Å². The molecule has 2 saturated heterocycles. The number of hydrogen-bond donors (Lipinski definition) is 2. The lowest BCUT2D eigenvalue weighted by molar-refractivity contribution is 0.147. The van der Waals surface area contributed by atoms with E-state index in [-0.39, 0.29) is 24.0 Å². The number of rotatable bonds is 9. The SMILES string of the molecule is CCNC(=NCC1CCN(Cc2csc(C)n2)CC1)NCCN1CCCCC1CC.I. The molecule has 2 aliphatic heterocycles. The Hall–Kier alpha value is -0.450. The van der Waals surface area contributed by atoms with Gasteiger partial charge in [-0.25, -0.2) is 4.98 Å². The molecule has 0 aliphatic carbocycles. The zero-order chi connectivity index (χ0) is 21.2. The molecule has 0 spiro atoms. The molecule has 2 fully saturated rings. The minimum Gasteiger partial charge on any atom is -0.357 e. The molecule has 1 aromatic heterocycles. The van der Waals surface area contributed by atoms with Crippen LogP contribution in [0.4, 0.5) is 0 Å². The third kappa shape index (κ3) is 9.14. The van der Waals surface area contributed by atoms with Crippen LogP contribution < -0.4 is 10.6 Å². The molecule has 0 saturated carbocycles. The molecule has 2 aliphatic rings. The number of halogens is 1. The first-order valence-corrected chi connectivity index (χ1v) is 13.0. The van der Waals surface area contributed by atoms with Crippen LogP contribution in [0.25, 0.3) is 0 Å². The third-order valence-corrected chi connectivity index (χ3v) is 7.35. The summed E-state index contributed by atoms with van der Waals surface area (Å²) in [4.78, 5) is 14.7. The molecule has 2 N–H and O–H groups in total. The Labute approximate surface area is 210 Å². The lowest BCUT2D eigenvalue weighted by Crippen LogP contribution is -2.46. The monoisotopic (exact) mass is 562 g/mol. The highest BCUT2D eigenvalue weighted by molar-refractivity contribution is 14.0. The van der Waals surface area contributed by atoms with E-state index in [0.717, 1.165) is 57.8 Å². The normalized spacial score (nSPS) is 21.6. The summed E-state index contributed by atoms with van der Waals surface area (Å²) in [5.74, 6) is 1.68. The molecule has 0 bridgehead atoms. The van der Waals surface area contributed by atoms with Crippen LogP contribution in [0, 0.1) is 12.8 Å². The molecule has 1 atom stereocenters. The number of piperidine rings is 2. The molecule has 178 valence electrons. The second kappa shape index (κ2) is 14.6. The van der Waals surface area contributed by atoms with Crippen molar-refractivity contribution in [2.75, 3.05) is 45.8 Å². The number of guanidine groups is 1. The second-order valence-electron chi connectivity index (χ2n) is 8.82. The largest absolute Gasteiger partial charge is 0.357 e. The Morgan fingerprint density at radius 3 is 2.65 bits per heavy atom. The van der Waals surface area contributed by atoms with Gasteiger partial charge in [0.15, 0.2) is 5.96 Å². The minimum absolute atomic E-state index is 0. The number of thiazole rings is 1. The van der Waals surface area contributed by atoms with E-state index in [0.29, 0.717) is 5.92 Å². The van der Waals surface area contributed by atoms with Crippen molar-refractivity contribution in [2.45, 2.75) is 71.9 Å². The summed E-state index contributed by atoms with van der Waals surface area (Å²) in [6.07, 6.45) is 7.86. The van der Waals surface area contributed by atoms with Crippen molar-refractivity contribution in [3.63, 3.8) is 0 Å². The Morgan fingerprint density at radius 1 is 1.16 bits per heavy atom. The summed E-state index contributed by atoms with van der Waals surface area (Å²) in [7, 11) is 0. The van der Waals surface area contributed by atoms with E-state index in [9.17, 15) is 0 Å². The maximum Gasteiger partial charge on any atom is 0.191 e. The van der Waals surface area contributed by atoms with Crippen LogP contribution in [0.15, 0.2) is 10.4 Å². The van der Waals surface area contributed by atoms with Crippen LogP contribution in [0.1, 0.15) is 63.1 Å². The smallest absolute Gasteiger partial charge is 0.191 e. The van der Waals surface area contributed by atoms with E-state index in [4.69, 9.17) is 4.99 Å². The van der Waals surface area contributed by atoms with Gasteiger partial charge in [0, 0.05) is 44.1 Å². The van der Waals surface area contributed by atoms with E-state index < -0.39 is 0 Å². The van der Waals surface area contributed by atoms with Crippen molar-refractivity contribution in [2.24, 2.45) is 10.9 Å². The summed E-state index contributed by atoms with van der Waals surface area (Å²) < 4.78 is 0. The Bertz CT molecular complexity index is 644. The van der Waals surface area contributed by atoms with Crippen LogP contribution in [0.2, 0.25) is 0 Å². The zero-order valence-corrected chi connectivity index (χ0v) is 22.9. The Balaban J connectivity index is 0.00000341. The number of aliphatic imine (C=N–C) groups is 1. The van der Waals surface area contributed by atoms with Gasteiger partial charge in [-0.2, -0.15) is 0 Å². The number of nitrogens with one attached hydrogen (secondary N) is 2. The first-order chi connectivity index (χ1) is 14.7. The molecule has 3 rings (SSSR count). The summed E-state index contributed by atoms with van der Waals surface area (Å²) in [6.45, 7) is 15.1. The van der Waals surface area contributed by atoms with Gasteiger partial charge in [-0.05, 0) is 71.5 Å². The molecule has 0 radical (unpaired) electrons. The molecular weight excluding hydrogens is 519 g/mol. The van der Waals surface area contributed by atoms with Gasteiger partial charge < -0.3 is 10.6 Å². The predicted octanol–water partition coefficient (Wildman–Crippen LogP) is 4.10. The van der Waals surface area contributed by atoms with Gasteiger partial charge in [-0.15, -0.1) is 35.3 Å². The highest BCUT2D eigenvalue weighted by atomic mass is 127. The molecule has 6 nitrogen and oxygen atoms in total. The van der Waals surface area contributed by atoms with Gasteiger partial charge in [0.1, 0.15) is 0 Å². The van der Waals surface area contributed by atoms with Crippen molar-refractivity contribution in [1.29, 1.82) is 0 Å². The quantitative estimate of drug-likeness (QED) is 0.270. The van der Waals surface area contributed by atoms with Crippen LogP contribution in [-0.2, 0) is 6.54 Å². The van der Waals surface area contributed by atoms with E-state index in [2.05, 4.69) is 51.6 Å². The van der Waals surface area contributed by atoms with E-state index in [1.54, 1.807) is 11.3 Å². The maximum atomic E-state index is 4.92. The summed E-state index contributed by atoms with van der Waals surface area (Å²) in [5.41, 5.74) is 1.23. The van der Waals surface area contributed by atoms with Gasteiger partial charge in [-0.1, -0.05) is 13.3 Å². The highest BCUT2D eigenvalue weighted by Gasteiger charge is 2.21. The predicted molar refractivity (Wildman–Crippen MR) is 144 cm³/mol. The number of aryl methyl sites for hydroxylation is 1. The first kappa shape index (κ1) is 26.8. The topological polar surface area (TPSA) is 55.8 Å². The van der Waals surface area contributed by atoms with E-state index in [1.165, 1.54) is 55.8 Å². The Morgan fingerprint density at radius 2 is 1.97 bits per heavy atom. The zero-order valence-electron chi connectivity index (χ0n) is 19.7. The standard InChI is InChI=1S/C23H42N6S.HI/c1-4-22-8-6-7-12-29(22)15-11-25-23(24-5-2)26-16-20-9-13-28(14-10-20)17-21-18-30-19(3)27-21;/h18,20,22H,4-17H2,1-3H3,(H2,24,25,26);1H. The molecule has 31 heavy (non-hydrogen) atoms. The van der Waals surface area contributed by atoms with Gasteiger partial charge >= 0.3 is 0 Å². The third-order valence-electron chi connectivity index (χ3n) is 6.52. The molecule has 1 unspecified atom stereocenters. The fourth-order valence-corrected chi connectivity index (χ4v) is 5.34. The van der Waals surface area contributed by atoms with Crippen LogP contribution in [0.5, 0.6) is 0 Å². The maximum absolute atomic E-state index is 4.92. The van der Waals surface area contributed by atoms with Crippen molar-refractivity contribution in [3.8, 4) is 0 Å². The molecule has 0 amide bonds. The van der Waals surface area contributed by atoms with Gasteiger partial charge in [0.05, 0.1) is 10.7 Å². The molecule has 0 aromatic carbocycles. The van der Waals surface area contributed by atoms with E-state index in [1.807, 2.05) is 0 Å². The molecule has 3 heterocycles. The van der Waals surface area contributed by atoms with Crippen molar-refractivity contribution >= 4 is 41.3 Å².